The zero-order valence-corrected chi connectivity index (χ0v) is 16.7. The van der Waals surface area contributed by atoms with E-state index in [1.54, 1.807) is 4.98 Å². The zero-order chi connectivity index (χ0) is 23.1. The van der Waals surface area contributed by atoms with Crippen molar-refractivity contribution in [2.45, 2.75) is 24.7 Å². The Morgan fingerprint density at radius 3 is 2.13 bits per heavy atom. The van der Waals surface area contributed by atoms with E-state index < -0.39 is 65.1 Å². The lowest BCUT2D eigenvalue weighted by Gasteiger charge is -2.19. The van der Waals surface area contributed by atoms with Crippen LogP contribution in [0.3, 0.4) is 0 Å². The molecule has 0 saturated carbocycles. The molecule has 6 atom stereocenters. The van der Waals surface area contributed by atoms with Crippen LogP contribution in [-0.2, 0) is 27.1 Å². The first kappa shape index (κ1) is 25.0. The van der Waals surface area contributed by atoms with Gasteiger partial charge in [-0.05, 0) is 0 Å². The van der Waals surface area contributed by atoms with Gasteiger partial charge in [-0.25, -0.2) is 18.5 Å². The molecule has 19 nitrogen and oxygen atoms in total. The maximum Gasteiger partial charge on any atom is 0.536 e. The van der Waals surface area contributed by atoms with E-state index in [9.17, 15) is 38.4 Å². The highest BCUT2D eigenvalue weighted by atomic mass is 31.3. The smallest absolute Gasteiger partial charge is 0.396 e. The third-order valence-electron chi connectivity index (χ3n) is 3.20. The Balaban J connectivity index is 2.33. The minimum absolute atomic E-state index is 0.354. The van der Waals surface area contributed by atoms with Crippen LogP contribution in [0.2, 0.25) is 0 Å². The van der Waals surface area contributed by atoms with Gasteiger partial charge in [0.25, 0.3) is 5.56 Å². The number of aromatic amines is 1. The van der Waals surface area contributed by atoms with Crippen LogP contribution in [0, 0.1) is 0 Å². The highest BCUT2D eigenvalue weighted by Gasteiger charge is 2.45. The highest BCUT2D eigenvalue weighted by molar-refractivity contribution is 7.66. The molecule has 1 aliphatic heterocycles. The molecule has 0 spiro atoms. The number of aliphatic hydroxyl groups is 2. The topological polar surface area (TPSA) is 297 Å². The van der Waals surface area contributed by atoms with Gasteiger partial charge in [0.05, 0.1) is 6.20 Å². The van der Waals surface area contributed by atoms with E-state index >= 15 is 0 Å². The van der Waals surface area contributed by atoms with Gasteiger partial charge in [0, 0.05) is 0 Å². The molecule has 2 heterocycles. The van der Waals surface area contributed by atoms with E-state index in [4.69, 9.17) is 24.6 Å². The van der Waals surface area contributed by atoms with Crippen LogP contribution in [0.25, 0.3) is 0 Å². The van der Waals surface area contributed by atoms with Crippen molar-refractivity contribution in [2.24, 2.45) is 0 Å². The van der Waals surface area contributed by atoms with Crippen LogP contribution in [0.4, 0.5) is 0 Å². The van der Waals surface area contributed by atoms with Crippen molar-refractivity contribution < 1.29 is 66.6 Å². The summed E-state index contributed by atoms with van der Waals surface area (Å²) >= 11 is 0. The average molecular weight is 501 g/mol. The Morgan fingerprint density at radius 1 is 1.03 bits per heavy atom. The van der Waals surface area contributed by atoms with Gasteiger partial charge in [-0.1, -0.05) is 0 Å². The zero-order valence-electron chi connectivity index (χ0n) is 14.0. The lowest BCUT2D eigenvalue weighted by Crippen LogP contribution is -2.39. The summed E-state index contributed by atoms with van der Waals surface area (Å²) in [5, 5.41) is 28.3. The van der Waals surface area contributed by atoms with Gasteiger partial charge in [-0.2, -0.15) is 14.1 Å². The van der Waals surface area contributed by atoms with Crippen molar-refractivity contribution in [2.75, 3.05) is 0 Å². The Hall–Kier alpha value is -1.27. The van der Waals surface area contributed by atoms with E-state index in [1.807, 2.05) is 0 Å². The largest absolute Gasteiger partial charge is 0.536 e. The molecule has 30 heavy (non-hydrogen) atoms. The number of nitrogens with zero attached hydrogens (tertiary/aromatic N) is 1. The summed E-state index contributed by atoms with van der Waals surface area (Å²) in [5.74, 6) is -1.23. The first-order valence-corrected chi connectivity index (χ1v) is 11.7. The van der Waals surface area contributed by atoms with Gasteiger partial charge < -0.3 is 39.4 Å². The average Bonchev–Trinajstić information content (AvgIpc) is 2.81. The maximum atomic E-state index is 11.9. The van der Waals surface area contributed by atoms with Crippen LogP contribution < -0.4 is 21.3 Å². The number of nitrogens with one attached hydrogen (secondary N) is 2. The van der Waals surface area contributed by atoms with Crippen molar-refractivity contribution in [3.05, 3.63) is 27.0 Å². The van der Waals surface area contributed by atoms with Crippen LogP contribution in [0.5, 0.6) is 5.75 Å². The number of hydrogen-bond acceptors (Lipinski definition) is 13. The number of phosphoric ester groups is 1. The fraction of sp³-hybridized carbons (Fsp3) is 0.500. The SMILES string of the molecule is O=c1[nH]c(=O)n([C@@H]2O[C@H](NO)[C@@H](O)[C@H]2O)cc1OP(=O)(O)O[P@@](=O)(O)OP(=O)(O)O. The van der Waals surface area contributed by atoms with E-state index in [0.717, 1.165) is 0 Å². The Labute approximate surface area is 163 Å². The number of aliphatic hydroxyl groups excluding tert-OH is 2. The van der Waals surface area contributed by atoms with Gasteiger partial charge in [-0.3, -0.25) is 19.2 Å². The van der Waals surface area contributed by atoms with Gasteiger partial charge >= 0.3 is 29.2 Å². The summed E-state index contributed by atoms with van der Waals surface area (Å²) in [6.45, 7) is 0. The minimum Gasteiger partial charge on any atom is -0.396 e. The van der Waals surface area contributed by atoms with Crippen molar-refractivity contribution in [3.63, 3.8) is 0 Å². The number of hydrogen-bond donors (Lipinski definition) is 9. The fourth-order valence-corrected chi connectivity index (χ4v) is 5.16. The molecule has 0 amide bonds. The first-order chi connectivity index (χ1) is 13.6. The first-order valence-electron chi connectivity index (χ1n) is 7.15. The van der Waals surface area contributed by atoms with Crippen LogP contribution >= 0.6 is 23.5 Å². The molecule has 1 aromatic heterocycles. The molecule has 1 saturated heterocycles. The second-order valence-corrected chi connectivity index (χ2v) is 9.74. The molecule has 0 aliphatic carbocycles. The van der Waals surface area contributed by atoms with Gasteiger partial charge in [0.1, 0.15) is 12.2 Å². The van der Waals surface area contributed by atoms with Crippen LogP contribution in [0.15, 0.2) is 15.8 Å². The molecule has 0 aromatic carbocycles. The fourth-order valence-electron chi connectivity index (χ4n) is 2.14. The molecular formula is C8H14N3O16P3. The maximum absolute atomic E-state index is 11.9. The number of hydroxylamine groups is 1. The Morgan fingerprint density at radius 2 is 1.63 bits per heavy atom. The Bertz CT molecular complexity index is 1040. The predicted molar refractivity (Wildman–Crippen MR) is 86.7 cm³/mol. The van der Waals surface area contributed by atoms with Gasteiger partial charge in [0.15, 0.2) is 12.5 Å². The van der Waals surface area contributed by atoms with Crippen molar-refractivity contribution in [1.82, 2.24) is 15.0 Å². The quantitative estimate of drug-likeness (QED) is 0.125. The lowest BCUT2D eigenvalue weighted by atomic mass is 10.2. The summed E-state index contributed by atoms with van der Waals surface area (Å²) in [7, 11) is -17.3. The number of phosphoric acid groups is 3. The number of aromatic nitrogens is 2. The molecule has 9 N–H and O–H groups in total. The van der Waals surface area contributed by atoms with Crippen molar-refractivity contribution in [1.29, 1.82) is 0 Å². The molecule has 2 rings (SSSR count). The molecule has 1 fully saturated rings. The number of rotatable bonds is 8. The van der Waals surface area contributed by atoms with Crippen molar-refractivity contribution >= 4 is 23.5 Å². The molecule has 22 heteroatoms. The Kier molecular flexibility index (Phi) is 7.25. The monoisotopic (exact) mass is 501 g/mol. The summed E-state index contributed by atoms with van der Waals surface area (Å²) in [4.78, 5) is 60.7. The van der Waals surface area contributed by atoms with Crippen LogP contribution in [0.1, 0.15) is 6.23 Å². The third-order valence-corrected chi connectivity index (χ3v) is 6.96. The summed E-state index contributed by atoms with van der Waals surface area (Å²) in [6.07, 6.45) is -6.60. The molecule has 0 radical (unpaired) electrons. The van der Waals surface area contributed by atoms with E-state index in [2.05, 4.69) is 13.1 Å². The standard InChI is InChI=1S/C8H14N3O16P3/c12-3-4(13)7(24-6(3)10-16)11-1-2(5(14)9-8(11)15)25-29(20,21)27-30(22,23)26-28(17,18)19/h1,3-4,6-7,10,12-13,16H,(H,20,21)(H,22,23)(H,9,14,15)(H2,17,18,19)/t3-,4+,6-,7+/m0/s1. The lowest BCUT2D eigenvalue weighted by molar-refractivity contribution is -0.0974. The molecule has 1 aliphatic rings. The van der Waals surface area contributed by atoms with Gasteiger partial charge in [-0.15, -0.1) is 0 Å². The van der Waals surface area contributed by atoms with E-state index in [1.165, 1.54) is 5.48 Å². The molecular weight excluding hydrogens is 487 g/mol. The summed E-state index contributed by atoms with van der Waals surface area (Å²) in [5.41, 5.74) is -1.29. The molecule has 1 unspecified atom stereocenters. The summed E-state index contributed by atoms with van der Waals surface area (Å²) < 4.78 is 50.1. The minimum atomic E-state index is -5.88. The normalized spacial score (nSPS) is 28.6. The number of H-pyrrole nitrogens is 1. The molecule has 172 valence electrons. The van der Waals surface area contributed by atoms with E-state index in [-0.39, 0.29) is 0 Å². The predicted octanol–water partition coefficient (Wildman–Crippen LogP) is -3.20. The highest BCUT2D eigenvalue weighted by Crippen LogP contribution is 2.65. The third kappa shape index (κ3) is 6.13. The van der Waals surface area contributed by atoms with E-state index in [0.29, 0.717) is 10.8 Å². The van der Waals surface area contributed by atoms with Gasteiger partial charge in [0.2, 0.25) is 5.75 Å². The number of ether oxygens (including phenoxy) is 1. The molecule has 1 aromatic rings. The second-order valence-electron chi connectivity index (χ2n) is 5.40. The van der Waals surface area contributed by atoms with Crippen LogP contribution in [-0.4, -0.2) is 63.0 Å². The second kappa shape index (κ2) is 8.70. The molecule has 0 bridgehead atoms. The van der Waals surface area contributed by atoms with Crippen molar-refractivity contribution in [3.8, 4) is 5.75 Å². The summed E-state index contributed by atoms with van der Waals surface area (Å²) in [6, 6.07) is 0.